The van der Waals surface area contributed by atoms with Crippen molar-refractivity contribution in [2.75, 3.05) is 13.2 Å². The molecule has 0 radical (unpaired) electrons. The first kappa shape index (κ1) is 14.3. The maximum Gasteiger partial charge on any atom is 0.342 e. The Kier molecular flexibility index (Phi) is 5.52. The molecular formula is C6H16O6P2. The third-order valence-electron chi connectivity index (χ3n) is 1.57. The summed E-state index contributed by atoms with van der Waals surface area (Å²) in [6.45, 7) is 4.22. The van der Waals surface area contributed by atoms with E-state index in [1.165, 1.54) is 13.8 Å². The number of hydrogen-bond donors (Lipinski definition) is 2. The Labute approximate surface area is 83.3 Å². The summed E-state index contributed by atoms with van der Waals surface area (Å²) in [5.74, 6) is 0. The quantitative estimate of drug-likeness (QED) is 0.694. The van der Waals surface area contributed by atoms with Crippen molar-refractivity contribution < 1.29 is 28.0 Å². The normalized spacial score (nSPS) is 22.4. The van der Waals surface area contributed by atoms with Crippen LogP contribution < -0.4 is 0 Å². The highest BCUT2D eigenvalue weighted by Crippen LogP contribution is 2.64. The Balaban J connectivity index is 4.67. The first-order chi connectivity index (χ1) is 6.28. The molecule has 2 N–H and O–H groups in total. The Morgan fingerprint density at radius 3 is 1.57 bits per heavy atom. The van der Waals surface area contributed by atoms with Gasteiger partial charge in [0.2, 0.25) is 0 Å². The second-order valence-corrected chi connectivity index (χ2v) is 7.33. The smallest absolute Gasteiger partial charge is 0.324 e. The van der Waals surface area contributed by atoms with E-state index in [1.54, 1.807) is 0 Å². The van der Waals surface area contributed by atoms with Crippen molar-refractivity contribution in [2.45, 2.75) is 26.2 Å². The average Bonchev–Trinajstić information content (AvgIpc) is 2.02. The minimum absolute atomic E-state index is 0.00421. The fourth-order valence-electron chi connectivity index (χ4n) is 0.770. The molecule has 0 saturated carbocycles. The average molecular weight is 246 g/mol. The molecule has 86 valence electrons. The van der Waals surface area contributed by atoms with Gasteiger partial charge in [0.1, 0.15) is 0 Å². The summed E-state index contributed by atoms with van der Waals surface area (Å²) in [6, 6.07) is 0. The van der Waals surface area contributed by atoms with Crippen molar-refractivity contribution in [1.82, 2.24) is 0 Å². The maximum absolute atomic E-state index is 11.4. The molecule has 0 saturated heterocycles. The Hall–Kier alpha value is 0.300. The van der Waals surface area contributed by atoms with Crippen molar-refractivity contribution in [3.8, 4) is 0 Å². The lowest BCUT2D eigenvalue weighted by molar-refractivity contribution is 0.249. The molecule has 6 nitrogen and oxygen atoms in total. The van der Waals surface area contributed by atoms with E-state index >= 15 is 0 Å². The molecular weight excluding hydrogens is 230 g/mol. The molecule has 0 heterocycles. The lowest BCUT2D eigenvalue weighted by Gasteiger charge is -2.22. The van der Waals surface area contributed by atoms with Gasteiger partial charge in [-0.1, -0.05) is 0 Å². The zero-order valence-corrected chi connectivity index (χ0v) is 10.2. The molecule has 0 aromatic heterocycles. The van der Waals surface area contributed by atoms with Crippen molar-refractivity contribution >= 4 is 15.2 Å². The van der Waals surface area contributed by atoms with Gasteiger partial charge in [-0.05, 0) is 20.8 Å². The van der Waals surface area contributed by atoms with E-state index in [2.05, 4.69) is 9.05 Å². The van der Waals surface area contributed by atoms with Gasteiger partial charge >= 0.3 is 15.2 Å². The van der Waals surface area contributed by atoms with E-state index in [1.807, 2.05) is 0 Å². The highest BCUT2D eigenvalue weighted by atomic mass is 31.2. The van der Waals surface area contributed by atoms with Gasteiger partial charge in [-0.3, -0.25) is 9.13 Å². The van der Waals surface area contributed by atoms with Crippen LogP contribution in [0.25, 0.3) is 0 Å². The Morgan fingerprint density at radius 2 is 1.36 bits per heavy atom. The summed E-state index contributed by atoms with van der Waals surface area (Å²) >= 11 is 0. The molecule has 0 aliphatic carbocycles. The first-order valence-electron chi connectivity index (χ1n) is 4.22. The molecule has 14 heavy (non-hydrogen) atoms. The first-order valence-corrected chi connectivity index (χ1v) is 7.51. The molecule has 2 atom stereocenters. The SMILES string of the molecule is CCOP(=O)(O)C(C)P(=O)(O)OCC. The largest absolute Gasteiger partial charge is 0.342 e. The van der Waals surface area contributed by atoms with Crippen LogP contribution >= 0.6 is 15.2 Å². The van der Waals surface area contributed by atoms with Crippen LogP contribution in [0.1, 0.15) is 20.8 Å². The van der Waals surface area contributed by atoms with Gasteiger partial charge in [-0.25, -0.2) is 0 Å². The minimum atomic E-state index is -4.07. The highest BCUT2D eigenvalue weighted by Gasteiger charge is 2.43. The van der Waals surface area contributed by atoms with Gasteiger partial charge < -0.3 is 18.8 Å². The van der Waals surface area contributed by atoms with E-state index in [9.17, 15) is 18.9 Å². The van der Waals surface area contributed by atoms with Crippen LogP contribution in [0.4, 0.5) is 0 Å². The molecule has 0 rings (SSSR count). The van der Waals surface area contributed by atoms with Crippen LogP contribution in [0.2, 0.25) is 0 Å². The second-order valence-electron chi connectivity index (χ2n) is 2.60. The van der Waals surface area contributed by atoms with Crippen molar-refractivity contribution in [1.29, 1.82) is 0 Å². The minimum Gasteiger partial charge on any atom is -0.324 e. The molecule has 0 fully saturated rings. The molecule has 0 aromatic carbocycles. The fourth-order valence-corrected chi connectivity index (χ4v) is 3.82. The Morgan fingerprint density at radius 1 is 1.07 bits per heavy atom. The maximum atomic E-state index is 11.4. The van der Waals surface area contributed by atoms with Gasteiger partial charge in [0, 0.05) is 0 Å². The van der Waals surface area contributed by atoms with Gasteiger partial charge in [0.25, 0.3) is 0 Å². The monoisotopic (exact) mass is 246 g/mol. The van der Waals surface area contributed by atoms with E-state index in [-0.39, 0.29) is 13.2 Å². The van der Waals surface area contributed by atoms with Crippen LogP contribution in [-0.2, 0) is 18.2 Å². The predicted octanol–water partition coefficient (Wildman–Crippen LogP) is 1.78. The van der Waals surface area contributed by atoms with Crippen LogP contribution in [-0.4, -0.2) is 28.4 Å². The summed E-state index contributed by atoms with van der Waals surface area (Å²) in [4.78, 5) is 18.5. The summed E-state index contributed by atoms with van der Waals surface area (Å²) in [6.07, 6.45) is 0. The summed E-state index contributed by atoms with van der Waals surface area (Å²) in [5.41, 5.74) is 0. The second kappa shape index (κ2) is 5.40. The number of rotatable bonds is 6. The van der Waals surface area contributed by atoms with Gasteiger partial charge in [0.15, 0.2) is 5.40 Å². The number of hydrogen-bond acceptors (Lipinski definition) is 4. The van der Waals surface area contributed by atoms with Gasteiger partial charge in [0.05, 0.1) is 13.2 Å². The summed E-state index contributed by atoms with van der Waals surface area (Å²) < 4.78 is 31.8. The zero-order valence-electron chi connectivity index (χ0n) is 8.41. The third-order valence-corrected chi connectivity index (χ3v) is 6.47. The van der Waals surface area contributed by atoms with Crippen molar-refractivity contribution in [2.24, 2.45) is 0 Å². The molecule has 0 spiro atoms. The fraction of sp³-hybridized carbons (Fsp3) is 1.00. The van der Waals surface area contributed by atoms with E-state index in [0.29, 0.717) is 0 Å². The third kappa shape index (κ3) is 3.81. The van der Waals surface area contributed by atoms with Crippen molar-refractivity contribution in [3.63, 3.8) is 0 Å². The highest BCUT2D eigenvalue weighted by molar-refractivity contribution is 7.71. The van der Waals surface area contributed by atoms with E-state index in [0.717, 1.165) is 6.92 Å². The van der Waals surface area contributed by atoms with Crippen LogP contribution in [0.15, 0.2) is 0 Å². The van der Waals surface area contributed by atoms with Crippen LogP contribution in [0.3, 0.4) is 0 Å². The molecule has 2 unspecified atom stereocenters. The topological polar surface area (TPSA) is 93.1 Å². The predicted molar refractivity (Wildman–Crippen MR) is 52.4 cm³/mol. The van der Waals surface area contributed by atoms with Gasteiger partial charge in [-0.15, -0.1) is 0 Å². The standard InChI is InChI=1S/C6H16O6P2/c1-4-11-13(7,8)6(3)14(9,10)12-5-2/h6H,4-5H2,1-3H3,(H,7,8)(H,9,10). The summed E-state index contributed by atoms with van der Waals surface area (Å²) in [5, 5.41) is -1.42. The van der Waals surface area contributed by atoms with Crippen molar-refractivity contribution in [3.05, 3.63) is 0 Å². The Bertz CT molecular complexity index is 239. The van der Waals surface area contributed by atoms with Crippen LogP contribution in [0.5, 0.6) is 0 Å². The lowest BCUT2D eigenvalue weighted by Crippen LogP contribution is -2.09. The molecule has 8 heteroatoms. The van der Waals surface area contributed by atoms with E-state index in [4.69, 9.17) is 0 Å². The molecule has 0 aliphatic heterocycles. The zero-order chi connectivity index (χ0) is 11.4. The van der Waals surface area contributed by atoms with Gasteiger partial charge in [-0.2, -0.15) is 0 Å². The van der Waals surface area contributed by atoms with Crippen LogP contribution in [0, 0.1) is 0 Å². The van der Waals surface area contributed by atoms with E-state index < -0.39 is 20.6 Å². The molecule has 0 amide bonds. The lowest BCUT2D eigenvalue weighted by atomic mass is 10.9. The molecule has 0 aromatic rings. The molecule has 0 bridgehead atoms. The summed E-state index contributed by atoms with van der Waals surface area (Å²) in [7, 11) is -8.15. The molecule has 0 aliphatic rings.